The third kappa shape index (κ3) is 5.22. The van der Waals surface area contributed by atoms with Gasteiger partial charge in [0.2, 0.25) is 0 Å². The van der Waals surface area contributed by atoms with Crippen molar-refractivity contribution in [1.29, 1.82) is 0 Å². The lowest BCUT2D eigenvalue weighted by atomic mass is 10.1. The van der Waals surface area contributed by atoms with Crippen molar-refractivity contribution in [2.75, 3.05) is 26.2 Å². The van der Waals surface area contributed by atoms with E-state index < -0.39 is 11.7 Å². The van der Waals surface area contributed by atoms with E-state index in [1.54, 1.807) is 4.90 Å². The first-order valence-corrected chi connectivity index (χ1v) is 8.65. The summed E-state index contributed by atoms with van der Waals surface area (Å²) in [4.78, 5) is 16.1. The number of carbonyl (C=O) groups is 1. The van der Waals surface area contributed by atoms with Crippen LogP contribution in [0.1, 0.15) is 22.6 Å². The van der Waals surface area contributed by atoms with Crippen LogP contribution in [0.2, 0.25) is 0 Å². The number of amides is 2. The molecule has 27 heavy (non-hydrogen) atoms. The minimum Gasteiger partial charge on any atom is -0.360 e. The van der Waals surface area contributed by atoms with Gasteiger partial charge in [-0.2, -0.15) is 13.2 Å². The van der Waals surface area contributed by atoms with Crippen LogP contribution in [0, 0.1) is 6.92 Å². The predicted octanol–water partition coefficient (Wildman–Crippen LogP) is 3.03. The molecule has 0 atom stereocenters. The highest BCUT2D eigenvalue weighted by Crippen LogP contribution is 2.29. The van der Waals surface area contributed by atoms with Crippen LogP contribution in [0.25, 0.3) is 0 Å². The molecule has 6 nitrogen and oxygen atoms in total. The molecule has 0 unspecified atom stereocenters. The highest BCUT2D eigenvalue weighted by Gasteiger charge is 2.30. The molecule has 1 aliphatic rings. The number of halogens is 3. The van der Waals surface area contributed by atoms with Crippen molar-refractivity contribution in [2.45, 2.75) is 26.2 Å². The summed E-state index contributed by atoms with van der Waals surface area (Å²) < 4.78 is 42.9. The Labute approximate surface area is 154 Å². The molecule has 2 heterocycles. The molecule has 0 bridgehead atoms. The van der Waals surface area contributed by atoms with E-state index in [1.807, 2.05) is 13.0 Å². The van der Waals surface area contributed by atoms with E-state index in [1.165, 1.54) is 12.1 Å². The number of aryl methyl sites for hydroxylation is 1. The number of hydrogen-bond donors (Lipinski definition) is 1. The molecule has 0 aliphatic carbocycles. The monoisotopic (exact) mass is 382 g/mol. The van der Waals surface area contributed by atoms with Crippen LogP contribution in [0.15, 0.2) is 34.9 Å². The molecule has 9 heteroatoms. The van der Waals surface area contributed by atoms with Crippen molar-refractivity contribution in [2.24, 2.45) is 0 Å². The van der Waals surface area contributed by atoms with Gasteiger partial charge in [0.15, 0.2) is 5.76 Å². The molecule has 2 amide bonds. The second-order valence-electron chi connectivity index (χ2n) is 6.55. The molecule has 0 saturated carbocycles. The lowest BCUT2D eigenvalue weighted by molar-refractivity contribution is -0.137. The first kappa shape index (κ1) is 19.2. The third-order valence-corrected chi connectivity index (χ3v) is 4.44. The molecular formula is C18H21F3N4O2. The standard InChI is InChI=1S/C18H21F3N4O2/c1-13-10-16(27-23-13)12-24-6-8-25(9-7-24)17(26)22-11-14-2-4-15(5-3-14)18(19,20)21/h2-5,10H,6-9,11-12H2,1H3,(H,22,26). The Kier molecular flexibility index (Phi) is 5.69. The van der Waals surface area contributed by atoms with Gasteiger partial charge in [0.05, 0.1) is 17.8 Å². The quantitative estimate of drug-likeness (QED) is 0.883. The Hall–Kier alpha value is -2.55. The Morgan fingerprint density at radius 1 is 1.19 bits per heavy atom. The summed E-state index contributed by atoms with van der Waals surface area (Å²) in [7, 11) is 0. The summed E-state index contributed by atoms with van der Waals surface area (Å²) in [5.74, 6) is 0.799. The van der Waals surface area contributed by atoms with Crippen molar-refractivity contribution in [3.8, 4) is 0 Å². The van der Waals surface area contributed by atoms with Crippen molar-refractivity contribution < 1.29 is 22.5 Å². The van der Waals surface area contributed by atoms with E-state index in [-0.39, 0.29) is 12.6 Å². The summed E-state index contributed by atoms with van der Waals surface area (Å²) in [5, 5.41) is 6.61. The summed E-state index contributed by atoms with van der Waals surface area (Å²) in [6.07, 6.45) is -4.36. The number of nitrogens with zero attached hydrogens (tertiary/aromatic N) is 3. The Morgan fingerprint density at radius 3 is 2.41 bits per heavy atom. The summed E-state index contributed by atoms with van der Waals surface area (Å²) in [5.41, 5.74) is 0.762. The molecule has 1 N–H and O–H groups in total. The molecule has 3 rings (SSSR count). The van der Waals surface area contributed by atoms with Crippen LogP contribution in [0.5, 0.6) is 0 Å². The molecule has 0 spiro atoms. The second-order valence-corrected chi connectivity index (χ2v) is 6.55. The zero-order valence-corrected chi connectivity index (χ0v) is 14.9. The number of alkyl halides is 3. The maximum absolute atomic E-state index is 12.6. The fraction of sp³-hybridized carbons (Fsp3) is 0.444. The van der Waals surface area contributed by atoms with Gasteiger partial charge in [0.25, 0.3) is 0 Å². The normalized spacial score (nSPS) is 15.8. The first-order chi connectivity index (χ1) is 12.8. The Balaban J connectivity index is 1.43. The summed E-state index contributed by atoms with van der Waals surface area (Å²) >= 11 is 0. The van der Waals surface area contributed by atoms with Crippen LogP contribution in [-0.4, -0.2) is 47.2 Å². The van der Waals surface area contributed by atoms with E-state index in [4.69, 9.17) is 4.52 Å². The average Bonchev–Trinajstić information content (AvgIpc) is 3.04. The summed E-state index contributed by atoms with van der Waals surface area (Å²) in [6.45, 7) is 5.29. The van der Waals surface area contributed by atoms with Crippen molar-refractivity contribution in [3.05, 3.63) is 52.9 Å². The van der Waals surface area contributed by atoms with Gasteiger partial charge in [-0.15, -0.1) is 0 Å². The van der Waals surface area contributed by atoms with E-state index in [2.05, 4.69) is 15.4 Å². The second kappa shape index (κ2) is 7.99. The lowest BCUT2D eigenvalue weighted by Crippen LogP contribution is -2.51. The van der Waals surface area contributed by atoms with Gasteiger partial charge >= 0.3 is 12.2 Å². The van der Waals surface area contributed by atoms with Crippen LogP contribution >= 0.6 is 0 Å². The molecule has 1 aromatic carbocycles. The highest BCUT2D eigenvalue weighted by molar-refractivity contribution is 5.74. The maximum atomic E-state index is 12.6. The number of piperazine rings is 1. The maximum Gasteiger partial charge on any atom is 0.416 e. The Morgan fingerprint density at radius 2 is 1.85 bits per heavy atom. The van der Waals surface area contributed by atoms with Crippen molar-refractivity contribution >= 4 is 6.03 Å². The fourth-order valence-electron chi connectivity index (χ4n) is 2.92. The van der Waals surface area contributed by atoms with E-state index in [0.717, 1.165) is 23.6 Å². The fourth-order valence-corrected chi connectivity index (χ4v) is 2.92. The van der Waals surface area contributed by atoms with Gasteiger partial charge in [-0.3, -0.25) is 4.90 Å². The third-order valence-electron chi connectivity index (χ3n) is 4.44. The topological polar surface area (TPSA) is 61.6 Å². The van der Waals surface area contributed by atoms with Crippen LogP contribution in [0.4, 0.5) is 18.0 Å². The number of hydrogen-bond acceptors (Lipinski definition) is 4. The molecule has 146 valence electrons. The van der Waals surface area contributed by atoms with Gasteiger partial charge in [-0.1, -0.05) is 17.3 Å². The number of rotatable bonds is 4. The van der Waals surface area contributed by atoms with Gasteiger partial charge in [0.1, 0.15) is 0 Å². The summed E-state index contributed by atoms with van der Waals surface area (Å²) in [6, 6.07) is 6.46. The minimum absolute atomic E-state index is 0.189. The van der Waals surface area contributed by atoms with E-state index in [9.17, 15) is 18.0 Å². The molecule has 1 saturated heterocycles. The molecule has 1 fully saturated rings. The number of aromatic nitrogens is 1. The van der Waals surface area contributed by atoms with Crippen LogP contribution in [0.3, 0.4) is 0 Å². The molecular weight excluding hydrogens is 361 g/mol. The molecule has 2 aromatic rings. The SMILES string of the molecule is Cc1cc(CN2CCN(C(=O)NCc3ccc(C(F)(F)F)cc3)CC2)on1. The van der Waals surface area contributed by atoms with Gasteiger partial charge < -0.3 is 14.7 Å². The van der Waals surface area contributed by atoms with E-state index >= 15 is 0 Å². The van der Waals surface area contributed by atoms with E-state index in [0.29, 0.717) is 38.3 Å². The molecule has 1 aliphatic heterocycles. The van der Waals surface area contributed by atoms with Gasteiger partial charge in [-0.05, 0) is 24.6 Å². The molecule has 1 aromatic heterocycles. The predicted molar refractivity (Wildman–Crippen MR) is 91.8 cm³/mol. The lowest BCUT2D eigenvalue weighted by Gasteiger charge is -2.34. The van der Waals surface area contributed by atoms with Crippen molar-refractivity contribution in [3.63, 3.8) is 0 Å². The van der Waals surface area contributed by atoms with Gasteiger partial charge in [-0.25, -0.2) is 4.79 Å². The first-order valence-electron chi connectivity index (χ1n) is 8.65. The molecule has 0 radical (unpaired) electrons. The van der Waals surface area contributed by atoms with Crippen molar-refractivity contribution in [1.82, 2.24) is 20.3 Å². The number of benzene rings is 1. The van der Waals surface area contributed by atoms with Crippen LogP contribution < -0.4 is 5.32 Å². The highest BCUT2D eigenvalue weighted by atomic mass is 19.4. The Bertz CT molecular complexity index is 766. The zero-order valence-electron chi connectivity index (χ0n) is 14.9. The minimum atomic E-state index is -4.36. The smallest absolute Gasteiger partial charge is 0.360 e. The van der Waals surface area contributed by atoms with Crippen LogP contribution in [-0.2, 0) is 19.3 Å². The number of nitrogens with one attached hydrogen (secondary N) is 1. The largest absolute Gasteiger partial charge is 0.416 e. The van der Waals surface area contributed by atoms with Gasteiger partial charge in [0, 0.05) is 38.8 Å². The number of urea groups is 1. The zero-order chi connectivity index (χ0) is 19.4. The average molecular weight is 382 g/mol. The number of carbonyl (C=O) groups excluding carboxylic acids is 1.